The van der Waals surface area contributed by atoms with Crippen LogP contribution in [0.25, 0.3) is 0 Å². The Morgan fingerprint density at radius 3 is 2.83 bits per heavy atom. The van der Waals surface area contributed by atoms with Crippen LogP contribution in [-0.2, 0) is 4.79 Å². The van der Waals surface area contributed by atoms with E-state index in [1.807, 2.05) is 0 Å². The highest BCUT2D eigenvalue weighted by Crippen LogP contribution is 2.58. The second-order valence-electron chi connectivity index (χ2n) is 8.22. The molecule has 3 rings (SSSR count). The molecule has 0 radical (unpaired) electrons. The van der Waals surface area contributed by atoms with E-state index in [0.29, 0.717) is 24.7 Å². The van der Waals surface area contributed by atoms with Crippen LogP contribution in [0.15, 0.2) is 35.5 Å². The van der Waals surface area contributed by atoms with E-state index in [0.717, 1.165) is 50.5 Å². The Bertz CT molecular complexity index is 586. The second kappa shape index (κ2) is 6.87. The van der Waals surface area contributed by atoms with E-state index in [2.05, 4.69) is 25.7 Å². The molecule has 2 unspecified atom stereocenters. The van der Waals surface area contributed by atoms with Crippen LogP contribution >= 0.6 is 0 Å². The van der Waals surface area contributed by atoms with E-state index in [9.17, 15) is 15.0 Å². The third-order valence-electron chi connectivity index (χ3n) is 6.77. The van der Waals surface area contributed by atoms with Crippen LogP contribution in [0, 0.1) is 17.3 Å². The quantitative estimate of drug-likeness (QED) is 0.793. The van der Waals surface area contributed by atoms with Gasteiger partial charge in [0.05, 0.1) is 6.10 Å². The third kappa shape index (κ3) is 3.37. The summed E-state index contributed by atoms with van der Waals surface area (Å²) >= 11 is 0. The number of carboxylic acid groups (broad SMARTS) is 1. The predicted octanol–water partition coefficient (Wildman–Crippen LogP) is 4.63. The van der Waals surface area contributed by atoms with Crippen molar-refractivity contribution in [3.8, 4) is 0 Å². The number of fused-ring (bicyclic) bond motifs is 1. The molecule has 3 heteroatoms. The van der Waals surface area contributed by atoms with Crippen molar-refractivity contribution < 1.29 is 15.0 Å². The fourth-order valence-corrected chi connectivity index (χ4v) is 5.29. The minimum Gasteiger partial charge on any atom is -0.481 e. The molecule has 2 N–H and O–H groups in total. The van der Waals surface area contributed by atoms with Crippen molar-refractivity contribution in [1.29, 1.82) is 0 Å². The molecule has 3 aliphatic carbocycles. The first-order chi connectivity index (χ1) is 11.4. The first-order valence-corrected chi connectivity index (χ1v) is 9.38. The van der Waals surface area contributed by atoms with Crippen molar-refractivity contribution in [3.05, 3.63) is 35.5 Å². The zero-order valence-electron chi connectivity index (χ0n) is 14.8. The molecule has 0 amide bonds. The molecular formula is C21H30O3. The van der Waals surface area contributed by atoms with Gasteiger partial charge in [-0.3, -0.25) is 4.79 Å². The minimum absolute atomic E-state index is 0.143. The van der Waals surface area contributed by atoms with Gasteiger partial charge in [-0.25, -0.2) is 0 Å². The molecule has 3 fully saturated rings. The maximum atomic E-state index is 11.2. The summed E-state index contributed by atoms with van der Waals surface area (Å²) in [5, 5.41) is 19.1. The van der Waals surface area contributed by atoms with Gasteiger partial charge in [0, 0.05) is 6.42 Å². The van der Waals surface area contributed by atoms with Gasteiger partial charge in [-0.15, -0.1) is 0 Å². The number of hydrogen-bond acceptors (Lipinski definition) is 2. The zero-order valence-corrected chi connectivity index (χ0v) is 14.8. The third-order valence-corrected chi connectivity index (χ3v) is 6.77. The molecule has 0 bridgehead atoms. The van der Waals surface area contributed by atoms with Gasteiger partial charge in [-0.05, 0) is 74.2 Å². The standard InChI is InChI=1S/C21H30O3/c1-14-5-9-18(22)12-16(14)7-6-15-4-3-11-21(2)17(13-20(23)24)8-10-19(15)21/h6-7,17-19,22H,1,3-5,8-13H2,2H3,(H,23,24)/b15-6+,16-7-/t17?,18-,19?,21-/m1/s1. The number of allylic oxidation sites excluding steroid dienone is 4. The van der Waals surface area contributed by atoms with Gasteiger partial charge >= 0.3 is 5.97 Å². The van der Waals surface area contributed by atoms with Gasteiger partial charge < -0.3 is 10.2 Å². The smallest absolute Gasteiger partial charge is 0.303 e. The number of aliphatic carboxylic acids is 1. The maximum Gasteiger partial charge on any atom is 0.303 e. The summed E-state index contributed by atoms with van der Waals surface area (Å²) in [4.78, 5) is 11.2. The van der Waals surface area contributed by atoms with E-state index in [4.69, 9.17) is 0 Å². The predicted molar refractivity (Wildman–Crippen MR) is 95.6 cm³/mol. The Morgan fingerprint density at radius 2 is 2.08 bits per heavy atom. The molecule has 0 spiro atoms. The van der Waals surface area contributed by atoms with Crippen LogP contribution in [-0.4, -0.2) is 22.3 Å². The van der Waals surface area contributed by atoms with E-state index < -0.39 is 5.97 Å². The molecule has 4 atom stereocenters. The second-order valence-corrected chi connectivity index (χ2v) is 8.22. The highest BCUT2D eigenvalue weighted by Gasteiger charge is 2.49. The van der Waals surface area contributed by atoms with E-state index in [1.54, 1.807) is 0 Å². The Labute approximate surface area is 145 Å². The summed E-state index contributed by atoms with van der Waals surface area (Å²) in [5.41, 5.74) is 3.97. The highest BCUT2D eigenvalue weighted by atomic mass is 16.4. The molecule has 24 heavy (non-hydrogen) atoms. The maximum absolute atomic E-state index is 11.2. The molecule has 3 saturated carbocycles. The van der Waals surface area contributed by atoms with E-state index in [1.165, 1.54) is 11.1 Å². The lowest BCUT2D eigenvalue weighted by molar-refractivity contribution is -0.139. The molecule has 132 valence electrons. The Hall–Kier alpha value is -1.35. The van der Waals surface area contributed by atoms with Crippen molar-refractivity contribution in [2.45, 2.75) is 70.8 Å². The SMILES string of the molecule is C=C1CC[C@@H](O)C/C1=C/C=C1\CCC[C@]2(C)C(CC(=O)O)CCC12. The highest BCUT2D eigenvalue weighted by molar-refractivity contribution is 5.67. The van der Waals surface area contributed by atoms with Crippen molar-refractivity contribution in [3.63, 3.8) is 0 Å². The van der Waals surface area contributed by atoms with Crippen molar-refractivity contribution in [2.24, 2.45) is 17.3 Å². The number of carboxylic acids is 1. The number of hydrogen-bond donors (Lipinski definition) is 2. The Morgan fingerprint density at radius 1 is 1.29 bits per heavy atom. The van der Waals surface area contributed by atoms with Crippen molar-refractivity contribution in [1.82, 2.24) is 0 Å². The summed E-state index contributed by atoms with van der Waals surface area (Å²) in [5.74, 6) is 0.171. The lowest BCUT2D eigenvalue weighted by Gasteiger charge is -2.42. The van der Waals surface area contributed by atoms with Crippen molar-refractivity contribution in [2.75, 3.05) is 0 Å². The molecule has 3 nitrogen and oxygen atoms in total. The van der Waals surface area contributed by atoms with Crippen LogP contribution in [0.5, 0.6) is 0 Å². The van der Waals surface area contributed by atoms with Gasteiger partial charge in [0.15, 0.2) is 0 Å². The van der Waals surface area contributed by atoms with E-state index in [-0.39, 0.29) is 11.5 Å². The average Bonchev–Trinajstić information content (AvgIpc) is 2.85. The summed E-state index contributed by atoms with van der Waals surface area (Å²) in [6.07, 6.45) is 12.5. The monoisotopic (exact) mass is 330 g/mol. The lowest BCUT2D eigenvalue weighted by atomic mass is 9.63. The topological polar surface area (TPSA) is 57.5 Å². The van der Waals surface area contributed by atoms with Crippen molar-refractivity contribution >= 4 is 5.97 Å². The minimum atomic E-state index is -0.660. The Balaban J connectivity index is 1.79. The average molecular weight is 330 g/mol. The summed E-state index contributed by atoms with van der Waals surface area (Å²) in [6, 6.07) is 0. The van der Waals surface area contributed by atoms with Crippen LogP contribution in [0.4, 0.5) is 0 Å². The molecule has 0 heterocycles. The first-order valence-electron chi connectivity index (χ1n) is 9.38. The van der Waals surface area contributed by atoms with Gasteiger partial charge in [-0.2, -0.15) is 0 Å². The van der Waals surface area contributed by atoms with Crippen LogP contribution in [0.3, 0.4) is 0 Å². The zero-order chi connectivity index (χ0) is 17.3. The Kier molecular flexibility index (Phi) is 5.00. The van der Waals surface area contributed by atoms with Gasteiger partial charge in [0.2, 0.25) is 0 Å². The summed E-state index contributed by atoms with van der Waals surface area (Å²) in [7, 11) is 0. The molecule has 0 aromatic carbocycles. The molecule has 0 saturated heterocycles. The molecule has 0 aliphatic heterocycles. The molecule has 3 aliphatic rings. The van der Waals surface area contributed by atoms with Gasteiger partial charge in [0.25, 0.3) is 0 Å². The van der Waals surface area contributed by atoms with Crippen LogP contribution in [0.2, 0.25) is 0 Å². The molecular weight excluding hydrogens is 300 g/mol. The van der Waals surface area contributed by atoms with Gasteiger partial charge in [-0.1, -0.05) is 36.8 Å². The lowest BCUT2D eigenvalue weighted by Crippen LogP contribution is -2.34. The fraction of sp³-hybridized carbons (Fsp3) is 0.667. The summed E-state index contributed by atoms with van der Waals surface area (Å²) < 4.78 is 0. The number of aliphatic hydroxyl groups is 1. The fourth-order valence-electron chi connectivity index (χ4n) is 5.29. The van der Waals surface area contributed by atoms with E-state index >= 15 is 0 Å². The molecule has 0 aromatic heterocycles. The van der Waals surface area contributed by atoms with Crippen LogP contribution in [0.1, 0.15) is 64.7 Å². The summed E-state index contributed by atoms with van der Waals surface area (Å²) in [6.45, 7) is 6.45. The van der Waals surface area contributed by atoms with Gasteiger partial charge in [0.1, 0.15) is 0 Å². The van der Waals surface area contributed by atoms with Crippen LogP contribution < -0.4 is 0 Å². The largest absolute Gasteiger partial charge is 0.481 e. The first kappa shape index (κ1) is 17.5. The molecule has 0 aromatic rings. The number of carbonyl (C=O) groups is 1. The normalized spacial score (nSPS) is 40.1. The number of rotatable bonds is 3. The number of aliphatic hydroxyl groups excluding tert-OH is 1.